The van der Waals surface area contributed by atoms with E-state index in [1.165, 1.54) is 4.31 Å². The third-order valence-electron chi connectivity index (χ3n) is 5.51. The Morgan fingerprint density at radius 1 is 1.03 bits per heavy atom. The molecule has 0 aliphatic carbocycles. The lowest BCUT2D eigenvalue weighted by Crippen LogP contribution is -2.51. The number of pyridine rings is 2. The summed E-state index contributed by atoms with van der Waals surface area (Å²) in [5, 5.41) is 13.8. The van der Waals surface area contributed by atoms with E-state index >= 15 is 0 Å². The van der Waals surface area contributed by atoms with Gasteiger partial charge in [0.2, 0.25) is 10.0 Å². The Hall–Kier alpha value is -2.81. The van der Waals surface area contributed by atoms with Crippen LogP contribution in [0.5, 0.6) is 0 Å². The molecule has 1 aromatic carbocycles. The molecule has 31 heavy (non-hydrogen) atoms. The number of aryl methyl sites for hydroxylation is 2. The number of β-amino-alcohol motifs (C(OH)–C–C–N with tert-alkyl or cyclic N) is 1. The monoisotopic (exact) mass is 438 g/mol. The molecular weight excluding hydrogens is 412 g/mol. The minimum atomic E-state index is -3.69. The number of aliphatic hydroxyl groups is 1. The van der Waals surface area contributed by atoms with Crippen LogP contribution in [0.15, 0.2) is 65.8 Å². The highest BCUT2D eigenvalue weighted by molar-refractivity contribution is 7.89. The third kappa shape index (κ3) is 4.76. The van der Waals surface area contributed by atoms with E-state index in [0.29, 0.717) is 18.8 Å². The van der Waals surface area contributed by atoms with E-state index in [1.54, 1.807) is 36.7 Å². The lowest BCUT2D eigenvalue weighted by Gasteiger charge is -2.35. The van der Waals surface area contributed by atoms with Gasteiger partial charge in [-0.1, -0.05) is 18.2 Å². The number of hydrogen-bond acceptors (Lipinski definition) is 6. The lowest BCUT2D eigenvalue weighted by molar-refractivity contribution is 0.0949. The predicted molar refractivity (Wildman–Crippen MR) is 120 cm³/mol. The van der Waals surface area contributed by atoms with Crippen molar-refractivity contribution in [2.45, 2.75) is 37.3 Å². The van der Waals surface area contributed by atoms with E-state index < -0.39 is 16.1 Å². The minimum Gasteiger partial charge on any atom is -0.390 e. The fraction of sp³-hybridized carbons (Fsp3) is 0.304. The van der Waals surface area contributed by atoms with Gasteiger partial charge >= 0.3 is 0 Å². The molecule has 7 nitrogen and oxygen atoms in total. The topological polar surface area (TPSA) is 95.4 Å². The average molecular weight is 439 g/mol. The van der Waals surface area contributed by atoms with E-state index in [-0.39, 0.29) is 17.5 Å². The first-order valence-electron chi connectivity index (χ1n) is 10.2. The molecule has 1 aliphatic heterocycles. The van der Waals surface area contributed by atoms with Gasteiger partial charge in [0.1, 0.15) is 5.82 Å². The van der Waals surface area contributed by atoms with Crippen LogP contribution < -0.4 is 5.32 Å². The SMILES string of the molecule is Cc1ccc(N[C@@H]2CCN(S(=O)(=O)c3ccc(-c4ccnc(C)c4)cc3)C[C@@H]2O)nc1. The molecular formula is C23H26N4O3S. The molecule has 3 aromatic rings. The van der Waals surface area contributed by atoms with Crippen molar-refractivity contribution in [3.8, 4) is 11.1 Å². The number of nitrogens with one attached hydrogen (secondary N) is 1. The normalized spacial score (nSPS) is 19.8. The smallest absolute Gasteiger partial charge is 0.243 e. The van der Waals surface area contributed by atoms with Gasteiger partial charge < -0.3 is 10.4 Å². The van der Waals surface area contributed by atoms with Gasteiger partial charge in [-0.3, -0.25) is 4.98 Å². The molecule has 0 amide bonds. The van der Waals surface area contributed by atoms with E-state index in [9.17, 15) is 13.5 Å². The van der Waals surface area contributed by atoms with Crippen LogP contribution in [0.3, 0.4) is 0 Å². The van der Waals surface area contributed by atoms with E-state index in [4.69, 9.17) is 0 Å². The van der Waals surface area contributed by atoms with Gasteiger partial charge in [-0.05, 0) is 67.3 Å². The number of aliphatic hydroxyl groups excluding tert-OH is 1. The number of benzene rings is 1. The van der Waals surface area contributed by atoms with Crippen LogP contribution in [-0.2, 0) is 10.0 Å². The maximum atomic E-state index is 13.1. The molecule has 1 saturated heterocycles. The van der Waals surface area contributed by atoms with Crippen molar-refractivity contribution in [1.29, 1.82) is 0 Å². The summed E-state index contributed by atoms with van der Waals surface area (Å²) in [4.78, 5) is 8.72. The zero-order chi connectivity index (χ0) is 22.0. The molecule has 0 saturated carbocycles. The Morgan fingerprint density at radius 2 is 1.81 bits per heavy atom. The molecule has 162 valence electrons. The summed E-state index contributed by atoms with van der Waals surface area (Å²) in [6.45, 7) is 4.24. The van der Waals surface area contributed by atoms with Crippen LogP contribution in [0.1, 0.15) is 17.7 Å². The van der Waals surface area contributed by atoms with Crippen molar-refractivity contribution in [2.75, 3.05) is 18.4 Å². The predicted octanol–water partition coefficient (Wildman–Crippen LogP) is 3.00. The van der Waals surface area contributed by atoms with Crippen LogP contribution in [0.2, 0.25) is 0 Å². The van der Waals surface area contributed by atoms with Crippen LogP contribution in [0.25, 0.3) is 11.1 Å². The molecule has 8 heteroatoms. The summed E-state index contributed by atoms with van der Waals surface area (Å²) in [5.74, 6) is 0.674. The Balaban J connectivity index is 1.45. The first-order chi connectivity index (χ1) is 14.8. The Bertz CT molecular complexity index is 1150. The number of piperidine rings is 1. The lowest BCUT2D eigenvalue weighted by atomic mass is 10.0. The molecule has 1 aliphatic rings. The van der Waals surface area contributed by atoms with Gasteiger partial charge in [0.25, 0.3) is 0 Å². The van der Waals surface area contributed by atoms with Crippen molar-refractivity contribution in [3.05, 3.63) is 72.2 Å². The third-order valence-corrected chi connectivity index (χ3v) is 7.39. The van der Waals surface area contributed by atoms with E-state index in [0.717, 1.165) is 22.4 Å². The maximum absolute atomic E-state index is 13.1. The highest BCUT2D eigenvalue weighted by Gasteiger charge is 2.34. The molecule has 0 spiro atoms. The second kappa shape index (κ2) is 8.74. The van der Waals surface area contributed by atoms with Crippen LogP contribution in [-0.4, -0.2) is 53.0 Å². The molecule has 3 heterocycles. The number of aromatic nitrogens is 2. The Kier molecular flexibility index (Phi) is 6.04. The molecule has 0 radical (unpaired) electrons. The standard InChI is InChI=1S/C23H26N4O3S/c1-16-3-8-23(25-14-16)26-21-10-12-27(15-22(21)28)31(29,30)20-6-4-18(5-7-20)19-9-11-24-17(2)13-19/h3-9,11,13-14,21-22,28H,10,12,15H2,1-2H3,(H,25,26)/t21-,22+/m1/s1. The highest BCUT2D eigenvalue weighted by atomic mass is 32.2. The summed E-state index contributed by atoms with van der Waals surface area (Å²) < 4.78 is 27.6. The fourth-order valence-corrected chi connectivity index (χ4v) is 5.20. The molecule has 2 N–H and O–H groups in total. The number of hydrogen-bond donors (Lipinski definition) is 2. The number of rotatable bonds is 5. The minimum absolute atomic E-state index is 0.0389. The van der Waals surface area contributed by atoms with Gasteiger partial charge in [0.05, 0.1) is 17.0 Å². The second-order valence-electron chi connectivity index (χ2n) is 7.90. The number of nitrogens with zero attached hydrogens (tertiary/aromatic N) is 3. The zero-order valence-corrected chi connectivity index (χ0v) is 18.4. The summed E-state index contributed by atoms with van der Waals surface area (Å²) in [6, 6.07) is 14.2. The first-order valence-corrected chi connectivity index (χ1v) is 11.7. The quantitative estimate of drug-likeness (QED) is 0.636. The Labute approximate surface area is 182 Å². The van der Waals surface area contributed by atoms with Gasteiger partial charge in [-0.2, -0.15) is 4.31 Å². The summed E-state index contributed by atoms with van der Waals surface area (Å²) in [5.41, 5.74) is 3.87. The van der Waals surface area contributed by atoms with Gasteiger partial charge in [0.15, 0.2) is 0 Å². The molecule has 0 unspecified atom stereocenters. The number of sulfonamides is 1. The molecule has 2 aromatic heterocycles. The van der Waals surface area contributed by atoms with Crippen molar-refractivity contribution >= 4 is 15.8 Å². The molecule has 1 fully saturated rings. The van der Waals surface area contributed by atoms with Gasteiger partial charge in [0, 0.05) is 31.2 Å². The van der Waals surface area contributed by atoms with Crippen LogP contribution in [0, 0.1) is 13.8 Å². The fourth-order valence-electron chi connectivity index (χ4n) is 3.73. The number of anilines is 1. The van der Waals surface area contributed by atoms with Crippen molar-refractivity contribution in [3.63, 3.8) is 0 Å². The van der Waals surface area contributed by atoms with Crippen molar-refractivity contribution in [1.82, 2.24) is 14.3 Å². The largest absolute Gasteiger partial charge is 0.390 e. The average Bonchev–Trinajstić information content (AvgIpc) is 2.76. The summed E-state index contributed by atoms with van der Waals surface area (Å²) >= 11 is 0. The van der Waals surface area contributed by atoms with Crippen LogP contribution >= 0.6 is 0 Å². The first kappa shape index (κ1) is 21.4. The zero-order valence-electron chi connectivity index (χ0n) is 17.6. The highest BCUT2D eigenvalue weighted by Crippen LogP contribution is 2.26. The van der Waals surface area contributed by atoms with E-state index in [1.807, 2.05) is 38.1 Å². The summed E-state index contributed by atoms with van der Waals surface area (Å²) in [7, 11) is -3.69. The van der Waals surface area contributed by atoms with Crippen LogP contribution in [0.4, 0.5) is 5.82 Å². The van der Waals surface area contributed by atoms with Crippen molar-refractivity contribution in [2.24, 2.45) is 0 Å². The second-order valence-corrected chi connectivity index (χ2v) is 9.84. The summed E-state index contributed by atoms with van der Waals surface area (Å²) in [6.07, 6.45) is 3.15. The Morgan fingerprint density at radius 3 is 2.45 bits per heavy atom. The molecule has 2 atom stereocenters. The van der Waals surface area contributed by atoms with Crippen molar-refractivity contribution < 1.29 is 13.5 Å². The molecule has 0 bridgehead atoms. The maximum Gasteiger partial charge on any atom is 0.243 e. The van der Waals surface area contributed by atoms with Gasteiger partial charge in [-0.25, -0.2) is 13.4 Å². The van der Waals surface area contributed by atoms with Gasteiger partial charge in [-0.15, -0.1) is 0 Å². The van der Waals surface area contributed by atoms with E-state index in [2.05, 4.69) is 15.3 Å². The molecule has 4 rings (SSSR count).